The minimum absolute atomic E-state index is 0.186. The molecule has 92 valence electrons. The smallest absolute Gasteiger partial charge is 0.314 e. The molecule has 0 atom stereocenters. The highest BCUT2D eigenvalue weighted by Crippen LogP contribution is 2.34. The van der Waals surface area contributed by atoms with Gasteiger partial charge in [0, 0.05) is 7.11 Å². The summed E-state index contributed by atoms with van der Waals surface area (Å²) in [5.74, 6) is -0.526. The van der Waals surface area contributed by atoms with E-state index < -0.39 is 10.7 Å². The van der Waals surface area contributed by atoms with Crippen molar-refractivity contribution in [1.82, 2.24) is 4.98 Å². The maximum Gasteiger partial charge on any atom is 0.314 e. The monoisotopic (exact) mass is 241 g/mol. The second kappa shape index (κ2) is 3.92. The van der Waals surface area contributed by atoms with Gasteiger partial charge in [-0.05, 0) is 6.92 Å². The Morgan fingerprint density at radius 1 is 1.65 bits per heavy atom. The standard InChI is InChI=1S/C10H12FN3O3/c1-10(17-2)5-13(6-10)9-8(14(15)16)3-7(11)4-12-9/h3-4H,5-6H2,1-2H3. The van der Waals surface area contributed by atoms with E-state index in [2.05, 4.69) is 4.98 Å². The number of anilines is 1. The molecule has 0 spiro atoms. The minimum Gasteiger partial charge on any atom is -0.375 e. The first-order chi connectivity index (χ1) is 7.95. The Hall–Kier alpha value is -1.76. The van der Waals surface area contributed by atoms with Crippen LogP contribution in [0.1, 0.15) is 6.92 Å². The first-order valence-corrected chi connectivity index (χ1v) is 5.05. The van der Waals surface area contributed by atoms with E-state index in [4.69, 9.17) is 4.74 Å². The third-order valence-corrected chi connectivity index (χ3v) is 2.85. The molecule has 1 aliphatic rings. The molecule has 17 heavy (non-hydrogen) atoms. The molecule has 0 amide bonds. The predicted molar refractivity (Wildman–Crippen MR) is 58.5 cm³/mol. The summed E-state index contributed by atoms with van der Waals surface area (Å²) in [7, 11) is 1.59. The largest absolute Gasteiger partial charge is 0.375 e. The maximum atomic E-state index is 12.9. The molecule has 0 aliphatic carbocycles. The molecule has 2 heterocycles. The number of halogens is 1. The number of hydrogen-bond acceptors (Lipinski definition) is 5. The summed E-state index contributed by atoms with van der Waals surface area (Å²) in [6.45, 7) is 2.91. The Kier molecular flexibility index (Phi) is 2.70. The van der Waals surface area contributed by atoms with Crippen LogP contribution >= 0.6 is 0 Å². The summed E-state index contributed by atoms with van der Waals surface area (Å²) in [5, 5.41) is 10.8. The van der Waals surface area contributed by atoms with Crippen molar-refractivity contribution in [3.8, 4) is 0 Å². The van der Waals surface area contributed by atoms with Gasteiger partial charge in [-0.15, -0.1) is 0 Å². The van der Waals surface area contributed by atoms with Crippen molar-refractivity contribution in [2.75, 3.05) is 25.1 Å². The zero-order chi connectivity index (χ0) is 12.6. The quantitative estimate of drug-likeness (QED) is 0.590. The third kappa shape index (κ3) is 2.05. The number of nitro groups is 1. The molecule has 0 bridgehead atoms. The van der Waals surface area contributed by atoms with Crippen LogP contribution in [0.5, 0.6) is 0 Å². The van der Waals surface area contributed by atoms with E-state index in [9.17, 15) is 14.5 Å². The van der Waals surface area contributed by atoms with Gasteiger partial charge in [0.2, 0.25) is 5.82 Å². The van der Waals surface area contributed by atoms with Gasteiger partial charge in [-0.1, -0.05) is 0 Å². The van der Waals surface area contributed by atoms with Gasteiger partial charge in [-0.2, -0.15) is 0 Å². The minimum atomic E-state index is -0.713. The van der Waals surface area contributed by atoms with Gasteiger partial charge in [0.25, 0.3) is 0 Å². The van der Waals surface area contributed by atoms with Crippen LogP contribution < -0.4 is 4.90 Å². The van der Waals surface area contributed by atoms with Crippen LogP contribution in [0, 0.1) is 15.9 Å². The summed E-state index contributed by atoms with van der Waals surface area (Å²) in [4.78, 5) is 15.6. The Balaban J connectivity index is 2.26. The van der Waals surface area contributed by atoms with E-state index in [1.807, 2.05) is 6.92 Å². The van der Waals surface area contributed by atoms with E-state index in [0.29, 0.717) is 13.1 Å². The Morgan fingerprint density at radius 2 is 2.29 bits per heavy atom. The van der Waals surface area contributed by atoms with Crippen LogP contribution in [0.15, 0.2) is 12.3 Å². The van der Waals surface area contributed by atoms with Crippen LogP contribution in [0.25, 0.3) is 0 Å². The highest BCUT2D eigenvalue weighted by molar-refractivity contribution is 5.59. The second-order valence-corrected chi connectivity index (χ2v) is 4.26. The molecule has 1 aliphatic heterocycles. The van der Waals surface area contributed by atoms with Crippen LogP contribution in [-0.4, -0.2) is 35.7 Å². The number of ether oxygens (including phenoxy) is 1. The maximum absolute atomic E-state index is 12.9. The summed E-state index contributed by atoms with van der Waals surface area (Å²) in [6, 6.07) is 0.880. The van der Waals surface area contributed by atoms with Gasteiger partial charge in [0.05, 0.1) is 35.9 Å². The molecular weight excluding hydrogens is 229 g/mol. The zero-order valence-electron chi connectivity index (χ0n) is 9.51. The summed E-state index contributed by atoms with van der Waals surface area (Å²) >= 11 is 0. The normalized spacial score (nSPS) is 17.7. The molecule has 7 heteroatoms. The van der Waals surface area contributed by atoms with Crippen molar-refractivity contribution < 1.29 is 14.1 Å². The average molecular weight is 241 g/mol. The lowest BCUT2D eigenvalue weighted by Gasteiger charge is -2.47. The predicted octanol–water partition coefficient (Wildman–Crippen LogP) is 1.35. The Bertz CT molecular complexity index is 460. The zero-order valence-corrected chi connectivity index (χ0v) is 9.51. The van der Waals surface area contributed by atoms with E-state index in [-0.39, 0.29) is 17.1 Å². The lowest BCUT2D eigenvalue weighted by Crippen LogP contribution is -2.61. The molecule has 0 unspecified atom stereocenters. The average Bonchev–Trinajstić information content (AvgIpc) is 2.25. The Labute approximate surface area is 97.2 Å². The lowest BCUT2D eigenvalue weighted by molar-refractivity contribution is -0.384. The van der Waals surface area contributed by atoms with Crippen molar-refractivity contribution in [2.45, 2.75) is 12.5 Å². The summed E-state index contributed by atoms with van der Waals surface area (Å²) < 4.78 is 18.1. The molecule has 1 aromatic heterocycles. The summed E-state index contributed by atoms with van der Waals surface area (Å²) in [5.41, 5.74) is -0.632. The highest BCUT2D eigenvalue weighted by atomic mass is 19.1. The van der Waals surface area contributed by atoms with Gasteiger partial charge < -0.3 is 9.64 Å². The Morgan fingerprint density at radius 3 is 2.82 bits per heavy atom. The lowest BCUT2D eigenvalue weighted by atomic mass is 9.96. The van der Waals surface area contributed by atoms with Crippen LogP contribution in [-0.2, 0) is 4.74 Å². The molecule has 1 saturated heterocycles. The van der Waals surface area contributed by atoms with Gasteiger partial charge in [-0.25, -0.2) is 9.37 Å². The van der Waals surface area contributed by atoms with Crippen molar-refractivity contribution in [3.05, 3.63) is 28.2 Å². The fraction of sp³-hybridized carbons (Fsp3) is 0.500. The van der Waals surface area contributed by atoms with Gasteiger partial charge >= 0.3 is 5.69 Å². The van der Waals surface area contributed by atoms with Crippen LogP contribution in [0.2, 0.25) is 0 Å². The van der Waals surface area contributed by atoms with Crippen molar-refractivity contribution in [1.29, 1.82) is 0 Å². The number of nitrogens with zero attached hydrogens (tertiary/aromatic N) is 3. The van der Waals surface area contributed by atoms with E-state index in [1.165, 1.54) is 0 Å². The number of aromatic nitrogens is 1. The molecule has 1 fully saturated rings. The fourth-order valence-electron chi connectivity index (χ4n) is 1.84. The van der Waals surface area contributed by atoms with Crippen LogP contribution in [0.4, 0.5) is 15.9 Å². The molecule has 0 radical (unpaired) electrons. The van der Waals surface area contributed by atoms with E-state index in [0.717, 1.165) is 12.3 Å². The van der Waals surface area contributed by atoms with Crippen LogP contribution in [0.3, 0.4) is 0 Å². The topological polar surface area (TPSA) is 68.5 Å². The second-order valence-electron chi connectivity index (χ2n) is 4.26. The molecule has 2 rings (SSSR count). The van der Waals surface area contributed by atoms with Gasteiger partial charge in [0.15, 0.2) is 0 Å². The number of hydrogen-bond donors (Lipinski definition) is 0. The highest BCUT2D eigenvalue weighted by Gasteiger charge is 2.42. The van der Waals surface area contributed by atoms with Gasteiger partial charge in [0.1, 0.15) is 5.82 Å². The van der Waals surface area contributed by atoms with Crippen molar-refractivity contribution >= 4 is 11.5 Å². The molecule has 6 nitrogen and oxygen atoms in total. The van der Waals surface area contributed by atoms with E-state index >= 15 is 0 Å². The van der Waals surface area contributed by atoms with Crippen molar-refractivity contribution in [3.63, 3.8) is 0 Å². The first kappa shape index (κ1) is 11.7. The molecule has 0 N–H and O–H groups in total. The SMILES string of the molecule is COC1(C)CN(c2ncc(F)cc2[N+](=O)[O-])C1. The fourth-order valence-corrected chi connectivity index (χ4v) is 1.84. The molecule has 1 aromatic rings. The van der Waals surface area contributed by atoms with E-state index in [1.54, 1.807) is 12.0 Å². The number of rotatable bonds is 3. The first-order valence-electron chi connectivity index (χ1n) is 5.05. The van der Waals surface area contributed by atoms with Crippen molar-refractivity contribution in [2.24, 2.45) is 0 Å². The number of pyridine rings is 1. The molecule has 0 saturated carbocycles. The summed E-state index contributed by atoms with van der Waals surface area (Å²) in [6.07, 6.45) is 0.977. The van der Waals surface area contributed by atoms with Gasteiger partial charge in [-0.3, -0.25) is 10.1 Å². The molecule has 0 aromatic carbocycles. The third-order valence-electron chi connectivity index (χ3n) is 2.85. The number of methoxy groups -OCH3 is 1. The molecular formula is C10H12FN3O3.